The fraction of sp³-hybridized carbons (Fsp3) is 0.843. The van der Waals surface area contributed by atoms with Crippen LogP contribution < -0.4 is 0 Å². The second-order valence-electron chi connectivity index (χ2n) is 22.7. The van der Waals surface area contributed by atoms with E-state index in [0.717, 1.165) is 83.5 Å². The van der Waals surface area contributed by atoms with Crippen molar-refractivity contribution in [3.8, 4) is 0 Å². The summed E-state index contributed by atoms with van der Waals surface area (Å²) in [4.78, 5) is 38.4. The molecular formula is C70H128O6. The van der Waals surface area contributed by atoms with E-state index in [1.54, 1.807) is 0 Å². The Hall–Kier alpha value is -2.63. The lowest BCUT2D eigenvalue weighted by Gasteiger charge is -2.18. The van der Waals surface area contributed by atoms with Gasteiger partial charge in [-0.05, 0) is 57.8 Å². The van der Waals surface area contributed by atoms with Crippen LogP contribution in [-0.2, 0) is 28.6 Å². The van der Waals surface area contributed by atoms with Crippen LogP contribution >= 0.6 is 0 Å². The molecule has 0 saturated carbocycles. The van der Waals surface area contributed by atoms with Crippen molar-refractivity contribution in [2.75, 3.05) is 13.2 Å². The average Bonchev–Trinajstić information content (AvgIpc) is 3.42. The zero-order chi connectivity index (χ0) is 55.0. The molecule has 0 aliphatic heterocycles. The van der Waals surface area contributed by atoms with Gasteiger partial charge in [-0.2, -0.15) is 0 Å². The predicted octanol–water partition coefficient (Wildman–Crippen LogP) is 22.9. The molecule has 0 aromatic heterocycles. The van der Waals surface area contributed by atoms with E-state index in [1.807, 2.05) is 0 Å². The van der Waals surface area contributed by atoms with Crippen molar-refractivity contribution in [3.63, 3.8) is 0 Å². The minimum absolute atomic E-state index is 0.0671. The smallest absolute Gasteiger partial charge is 0.306 e. The molecule has 0 aliphatic rings. The van der Waals surface area contributed by atoms with Crippen LogP contribution in [0.4, 0.5) is 0 Å². The van der Waals surface area contributed by atoms with Crippen LogP contribution in [0.25, 0.3) is 0 Å². The van der Waals surface area contributed by atoms with Crippen molar-refractivity contribution in [2.24, 2.45) is 0 Å². The normalized spacial score (nSPS) is 12.3. The van der Waals surface area contributed by atoms with Crippen LogP contribution in [0, 0.1) is 0 Å². The van der Waals surface area contributed by atoms with Gasteiger partial charge in [0.25, 0.3) is 0 Å². The van der Waals surface area contributed by atoms with Gasteiger partial charge in [0.1, 0.15) is 13.2 Å². The van der Waals surface area contributed by atoms with E-state index in [0.29, 0.717) is 19.3 Å². The molecule has 0 amide bonds. The summed E-state index contributed by atoms with van der Waals surface area (Å²) in [5.41, 5.74) is 0. The number of rotatable bonds is 62. The van der Waals surface area contributed by atoms with E-state index in [9.17, 15) is 14.4 Å². The highest BCUT2D eigenvalue weighted by Crippen LogP contribution is 2.18. The summed E-state index contributed by atoms with van der Waals surface area (Å²) in [5, 5.41) is 0. The molecule has 0 spiro atoms. The van der Waals surface area contributed by atoms with Crippen molar-refractivity contribution >= 4 is 17.9 Å². The van der Waals surface area contributed by atoms with Crippen molar-refractivity contribution < 1.29 is 28.6 Å². The topological polar surface area (TPSA) is 78.9 Å². The van der Waals surface area contributed by atoms with Gasteiger partial charge in [0.05, 0.1) is 0 Å². The maximum atomic E-state index is 12.9. The monoisotopic (exact) mass is 1060 g/mol. The first-order valence-corrected chi connectivity index (χ1v) is 33.6. The number of carbonyl (C=O) groups excluding carboxylic acids is 3. The largest absolute Gasteiger partial charge is 0.462 e. The highest BCUT2D eigenvalue weighted by molar-refractivity contribution is 5.71. The third kappa shape index (κ3) is 62.2. The van der Waals surface area contributed by atoms with Crippen molar-refractivity contribution in [1.29, 1.82) is 0 Å². The third-order valence-corrected chi connectivity index (χ3v) is 15.1. The van der Waals surface area contributed by atoms with Crippen LogP contribution in [0.5, 0.6) is 0 Å². The first-order chi connectivity index (χ1) is 37.5. The van der Waals surface area contributed by atoms with E-state index in [1.165, 1.54) is 238 Å². The molecule has 1 atom stereocenters. The average molecular weight is 1070 g/mol. The molecule has 0 bridgehead atoms. The van der Waals surface area contributed by atoms with Gasteiger partial charge < -0.3 is 14.2 Å². The number of hydrogen-bond acceptors (Lipinski definition) is 6. The molecule has 0 radical (unpaired) electrons. The van der Waals surface area contributed by atoms with Crippen molar-refractivity contribution in [3.05, 3.63) is 48.6 Å². The zero-order valence-corrected chi connectivity index (χ0v) is 51.0. The first kappa shape index (κ1) is 73.4. The van der Waals surface area contributed by atoms with Gasteiger partial charge in [-0.15, -0.1) is 0 Å². The van der Waals surface area contributed by atoms with Crippen LogP contribution in [0.3, 0.4) is 0 Å². The summed E-state index contributed by atoms with van der Waals surface area (Å²) in [6.45, 7) is 6.60. The fourth-order valence-corrected chi connectivity index (χ4v) is 10.1. The summed E-state index contributed by atoms with van der Waals surface area (Å²) in [6, 6.07) is 0. The van der Waals surface area contributed by atoms with Gasteiger partial charge in [0.2, 0.25) is 0 Å². The number of esters is 3. The lowest BCUT2D eigenvalue weighted by molar-refractivity contribution is -0.167. The third-order valence-electron chi connectivity index (χ3n) is 15.1. The van der Waals surface area contributed by atoms with Crippen LogP contribution in [-0.4, -0.2) is 37.2 Å². The molecule has 1 unspecified atom stereocenters. The minimum atomic E-state index is -0.770. The molecule has 0 saturated heterocycles. The standard InChI is InChI=1S/C70H128O6/c1-4-7-10-13-16-19-22-25-28-30-32-33-34-35-36-37-39-40-42-45-48-51-54-57-60-63-69(72)75-66-67(65-74-68(71)62-59-56-53-50-47-44-27-24-21-18-15-12-9-6-3)76-70(73)64-61-58-55-52-49-46-43-41-38-31-29-26-23-20-17-14-11-8-5-2/h7,10,16,19,25,28,32-33,67H,4-6,8-9,11-15,17-18,20-24,26-27,29-31,34-66H2,1-3H3/b10-7-,19-16-,28-25-,33-32-. The molecule has 0 heterocycles. The van der Waals surface area contributed by atoms with E-state index >= 15 is 0 Å². The zero-order valence-electron chi connectivity index (χ0n) is 51.0. The Bertz CT molecular complexity index is 1310. The molecule has 0 fully saturated rings. The van der Waals surface area contributed by atoms with Gasteiger partial charge in [-0.1, -0.05) is 333 Å². The Morgan fingerprint density at radius 2 is 0.513 bits per heavy atom. The Balaban J connectivity index is 4.27. The van der Waals surface area contributed by atoms with Crippen LogP contribution in [0.15, 0.2) is 48.6 Å². The van der Waals surface area contributed by atoms with Gasteiger partial charge in [-0.3, -0.25) is 14.4 Å². The molecular weight excluding hydrogens is 937 g/mol. The van der Waals surface area contributed by atoms with Gasteiger partial charge in [0, 0.05) is 19.3 Å². The summed E-state index contributed by atoms with van der Waals surface area (Å²) in [6.07, 6.45) is 81.2. The molecule has 0 aromatic rings. The quantitative estimate of drug-likeness (QED) is 0.0261. The number of hydrogen-bond donors (Lipinski definition) is 0. The maximum absolute atomic E-state index is 12.9. The SMILES string of the molecule is CC/C=C\C/C=C\C/C=C\C/C=C\CCCCCCCCCCCCCCC(=O)OCC(COC(=O)CCCCCCCCCCCCCCCC)OC(=O)CCCCCCCCCCCCCCCCCCCCC. The Labute approximate surface area is 473 Å². The summed E-state index contributed by atoms with van der Waals surface area (Å²) < 4.78 is 17.0. The van der Waals surface area contributed by atoms with E-state index < -0.39 is 6.10 Å². The van der Waals surface area contributed by atoms with E-state index in [4.69, 9.17) is 14.2 Å². The second kappa shape index (κ2) is 64.9. The van der Waals surface area contributed by atoms with Crippen molar-refractivity contribution in [2.45, 2.75) is 367 Å². The predicted molar refractivity (Wildman–Crippen MR) is 330 cm³/mol. The summed E-state index contributed by atoms with van der Waals surface area (Å²) in [5.74, 6) is -0.842. The van der Waals surface area contributed by atoms with Crippen LogP contribution in [0.1, 0.15) is 361 Å². The van der Waals surface area contributed by atoms with E-state index in [2.05, 4.69) is 69.4 Å². The Kier molecular flexibility index (Phi) is 62.6. The summed E-state index contributed by atoms with van der Waals surface area (Å²) >= 11 is 0. The number of ether oxygens (including phenoxy) is 3. The van der Waals surface area contributed by atoms with E-state index in [-0.39, 0.29) is 31.1 Å². The van der Waals surface area contributed by atoms with Crippen molar-refractivity contribution in [1.82, 2.24) is 0 Å². The minimum Gasteiger partial charge on any atom is -0.462 e. The first-order valence-electron chi connectivity index (χ1n) is 33.6. The van der Waals surface area contributed by atoms with Gasteiger partial charge in [0.15, 0.2) is 6.10 Å². The molecule has 444 valence electrons. The lowest BCUT2D eigenvalue weighted by atomic mass is 10.0. The van der Waals surface area contributed by atoms with Crippen LogP contribution in [0.2, 0.25) is 0 Å². The summed E-state index contributed by atoms with van der Waals surface area (Å²) in [7, 11) is 0. The Morgan fingerprint density at radius 1 is 0.276 bits per heavy atom. The molecule has 0 aliphatic carbocycles. The van der Waals surface area contributed by atoms with Gasteiger partial charge >= 0.3 is 17.9 Å². The molecule has 76 heavy (non-hydrogen) atoms. The number of allylic oxidation sites excluding steroid dienone is 8. The maximum Gasteiger partial charge on any atom is 0.306 e. The number of carbonyl (C=O) groups is 3. The molecule has 6 heteroatoms. The van der Waals surface area contributed by atoms with Gasteiger partial charge in [-0.25, -0.2) is 0 Å². The lowest BCUT2D eigenvalue weighted by Crippen LogP contribution is -2.30. The number of unbranched alkanes of at least 4 members (excludes halogenated alkanes) is 43. The highest BCUT2D eigenvalue weighted by atomic mass is 16.6. The molecule has 6 nitrogen and oxygen atoms in total. The molecule has 0 rings (SSSR count). The highest BCUT2D eigenvalue weighted by Gasteiger charge is 2.19. The molecule has 0 aromatic carbocycles. The second-order valence-corrected chi connectivity index (χ2v) is 22.7. The fourth-order valence-electron chi connectivity index (χ4n) is 10.1. The Morgan fingerprint density at radius 3 is 0.803 bits per heavy atom. The molecule has 0 N–H and O–H groups in total.